The van der Waals surface area contributed by atoms with Gasteiger partial charge in [-0.25, -0.2) is 13.1 Å². The fourth-order valence-electron chi connectivity index (χ4n) is 2.65. The van der Waals surface area contributed by atoms with Crippen molar-refractivity contribution in [2.24, 2.45) is 0 Å². The molecule has 1 fully saturated rings. The average Bonchev–Trinajstić information content (AvgIpc) is 2.80. The van der Waals surface area contributed by atoms with Gasteiger partial charge in [0.25, 0.3) is 0 Å². The van der Waals surface area contributed by atoms with E-state index in [0.29, 0.717) is 0 Å². The van der Waals surface area contributed by atoms with Gasteiger partial charge in [-0.3, -0.25) is 0 Å². The Bertz CT molecular complexity index is 599. The second kappa shape index (κ2) is 5.71. The zero-order chi connectivity index (χ0) is 14.9. The van der Waals surface area contributed by atoms with Crippen molar-refractivity contribution in [3.05, 3.63) is 23.3 Å². The highest BCUT2D eigenvalue weighted by Gasteiger charge is 2.32. The third kappa shape index (κ3) is 2.97. The molecule has 0 amide bonds. The summed E-state index contributed by atoms with van der Waals surface area (Å²) in [7, 11) is -2.00. The number of benzene rings is 1. The molecular formula is C14H22N2O3S. The van der Waals surface area contributed by atoms with Crippen LogP contribution in [-0.4, -0.2) is 27.7 Å². The maximum atomic E-state index is 12.5. The van der Waals surface area contributed by atoms with Crippen LogP contribution in [0.25, 0.3) is 0 Å². The van der Waals surface area contributed by atoms with Crippen molar-refractivity contribution in [2.75, 3.05) is 12.8 Å². The minimum atomic E-state index is -3.61. The molecule has 3 N–H and O–H groups in total. The van der Waals surface area contributed by atoms with Crippen LogP contribution in [0, 0.1) is 13.8 Å². The molecule has 0 bridgehead atoms. The van der Waals surface area contributed by atoms with Crippen LogP contribution >= 0.6 is 0 Å². The number of rotatable bonds is 4. The van der Waals surface area contributed by atoms with Gasteiger partial charge in [0.15, 0.2) is 0 Å². The molecule has 5 nitrogen and oxygen atoms in total. The van der Waals surface area contributed by atoms with Crippen LogP contribution in [0.2, 0.25) is 0 Å². The lowest BCUT2D eigenvalue weighted by atomic mass is 10.1. The van der Waals surface area contributed by atoms with Crippen LogP contribution in [-0.2, 0) is 14.8 Å². The highest BCUT2D eigenvalue weighted by Crippen LogP contribution is 2.26. The molecule has 1 aliphatic rings. The van der Waals surface area contributed by atoms with Gasteiger partial charge in [0.05, 0.1) is 11.8 Å². The lowest BCUT2D eigenvalue weighted by Gasteiger charge is -2.20. The van der Waals surface area contributed by atoms with E-state index in [1.165, 1.54) is 0 Å². The lowest BCUT2D eigenvalue weighted by Crippen LogP contribution is -2.40. The highest BCUT2D eigenvalue weighted by atomic mass is 32.2. The summed E-state index contributed by atoms with van der Waals surface area (Å²) in [6.45, 7) is 3.79. The molecule has 2 atom stereocenters. The smallest absolute Gasteiger partial charge is 0.242 e. The normalized spacial score (nSPS) is 23.1. The molecule has 1 saturated carbocycles. The number of ether oxygens (including phenoxy) is 1. The number of methoxy groups -OCH3 is 1. The summed E-state index contributed by atoms with van der Waals surface area (Å²) in [4.78, 5) is 0.155. The number of nitrogen functional groups attached to an aromatic ring is 1. The quantitative estimate of drug-likeness (QED) is 0.830. The number of hydrogen-bond acceptors (Lipinski definition) is 4. The Morgan fingerprint density at radius 2 is 1.90 bits per heavy atom. The first-order chi connectivity index (χ1) is 9.35. The molecule has 1 aromatic rings. The van der Waals surface area contributed by atoms with Crippen LogP contribution in [0.15, 0.2) is 17.0 Å². The highest BCUT2D eigenvalue weighted by molar-refractivity contribution is 7.89. The molecule has 6 heteroatoms. The Labute approximate surface area is 120 Å². The van der Waals surface area contributed by atoms with Crippen molar-refractivity contribution < 1.29 is 13.2 Å². The third-order valence-electron chi connectivity index (χ3n) is 3.98. The molecule has 1 aromatic carbocycles. The second-order valence-corrected chi connectivity index (χ2v) is 7.09. The lowest BCUT2D eigenvalue weighted by molar-refractivity contribution is 0.0916. The van der Waals surface area contributed by atoms with Crippen molar-refractivity contribution >= 4 is 15.7 Å². The van der Waals surface area contributed by atoms with E-state index in [9.17, 15) is 8.42 Å². The first kappa shape index (κ1) is 15.3. The molecular weight excluding hydrogens is 276 g/mol. The zero-order valence-electron chi connectivity index (χ0n) is 12.1. The number of hydrogen-bond donors (Lipinski definition) is 2. The van der Waals surface area contributed by atoms with Crippen molar-refractivity contribution in [1.29, 1.82) is 0 Å². The van der Waals surface area contributed by atoms with Gasteiger partial charge in [-0.2, -0.15) is 0 Å². The van der Waals surface area contributed by atoms with E-state index in [2.05, 4.69) is 4.72 Å². The molecule has 0 radical (unpaired) electrons. The first-order valence-corrected chi connectivity index (χ1v) is 8.25. The minimum absolute atomic E-state index is 0.0578. The first-order valence-electron chi connectivity index (χ1n) is 6.77. The van der Waals surface area contributed by atoms with E-state index in [4.69, 9.17) is 10.5 Å². The molecule has 0 aliphatic heterocycles. The van der Waals surface area contributed by atoms with Gasteiger partial charge in [0.1, 0.15) is 4.90 Å². The molecule has 0 aromatic heterocycles. The van der Waals surface area contributed by atoms with Crippen molar-refractivity contribution in [3.63, 3.8) is 0 Å². The van der Waals surface area contributed by atoms with Crippen molar-refractivity contribution in [1.82, 2.24) is 4.72 Å². The van der Waals surface area contributed by atoms with Gasteiger partial charge in [0, 0.05) is 13.2 Å². The fourth-order valence-corrected chi connectivity index (χ4v) is 4.15. The second-order valence-electron chi connectivity index (χ2n) is 5.41. The van der Waals surface area contributed by atoms with E-state index in [-0.39, 0.29) is 22.7 Å². The van der Waals surface area contributed by atoms with Crippen LogP contribution in [0.4, 0.5) is 5.69 Å². The molecule has 0 saturated heterocycles. The van der Waals surface area contributed by atoms with Gasteiger partial charge in [-0.15, -0.1) is 0 Å². The van der Waals surface area contributed by atoms with E-state index in [0.717, 1.165) is 30.4 Å². The van der Waals surface area contributed by atoms with Gasteiger partial charge in [0.2, 0.25) is 10.0 Å². The molecule has 1 aliphatic carbocycles. The predicted molar refractivity (Wildman–Crippen MR) is 79.1 cm³/mol. The van der Waals surface area contributed by atoms with Crippen LogP contribution in [0.3, 0.4) is 0 Å². The number of nitrogens with two attached hydrogens (primary N) is 1. The Hall–Kier alpha value is -1.11. The van der Waals surface area contributed by atoms with Gasteiger partial charge < -0.3 is 10.5 Å². The summed E-state index contributed by atoms with van der Waals surface area (Å²) < 4.78 is 33.0. The zero-order valence-corrected chi connectivity index (χ0v) is 13.0. The van der Waals surface area contributed by atoms with Gasteiger partial charge in [-0.1, -0.05) is 0 Å². The Kier molecular flexibility index (Phi) is 4.36. The third-order valence-corrected chi connectivity index (χ3v) is 5.52. The Balaban J connectivity index is 2.29. The summed E-state index contributed by atoms with van der Waals surface area (Å²) in [6.07, 6.45) is 2.58. The standard InChI is InChI=1S/C14H22N2O3S/c1-9-7-11(15)14(8-10(9)2)20(17,18)16-12-5-4-6-13(12)19-3/h7-8,12-13,16H,4-6,15H2,1-3H3. The van der Waals surface area contributed by atoms with Crippen molar-refractivity contribution in [2.45, 2.75) is 50.2 Å². The SMILES string of the molecule is COC1CCCC1NS(=O)(=O)c1cc(C)c(C)cc1N. The fraction of sp³-hybridized carbons (Fsp3) is 0.571. The number of sulfonamides is 1. The topological polar surface area (TPSA) is 81.4 Å². The van der Waals surface area contributed by atoms with E-state index in [1.54, 1.807) is 19.2 Å². The molecule has 20 heavy (non-hydrogen) atoms. The van der Waals surface area contributed by atoms with E-state index in [1.807, 2.05) is 13.8 Å². The Morgan fingerprint density at radius 1 is 1.25 bits per heavy atom. The van der Waals surface area contributed by atoms with Crippen LogP contribution in [0.1, 0.15) is 30.4 Å². The molecule has 0 heterocycles. The minimum Gasteiger partial charge on any atom is -0.398 e. The van der Waals surface area contributed by atoms with E-state index < -0.39 is 10.0 Å². The number of aryl methyl sites for hydroxylation is 2. The number of nitrogens with one attached hydrogen (secondary N) is 1. The molecule has 2 unspecified atom stereocenters. The van der Waals surface area contributed by atoms with Gasteiger partial charge >= 0.3 is 0 Å². The predicted octanol–water partition coefficient (Wildman–Crippen LogP) is 1.73. The van der Waals surface area contributed by atoms with E-state index >= 15 is 0 Å². The summed E-state index contributed by atoms with van der Waals surface area (Å²) in [5, 5.41) is 0. The average molecular weight is 298 g/mol. The maximum absolute atomic E-state index is 12.5. The molecule has 0 spiro atoms. The summed E-state index contributed by atoms with van der Waals surface area (Å²) in [5.41, 5.74) is 8.05. The summed E-state index contributed by atoms with van der Waals surface area (Å²) in [5.74, 6) is 0. The Morgan fingerprint density at radius 3 is 2.55 bits per heavy atom. The van der Waals surface area contributed by atoms with Crippen LogP contribution < -0.4 is 10.5 Å². The monoisotopic (exact) mass is 298 g/mol. The van der Waals surface area contributed by atoms with Crippen molar-refractivity contribution in [3.8, 4) is 0 Å². The summed E-state index contributed by atoms with van der Waals surface area (Å²) in [6, 6.07) is 3.15. The number of anilines is 1. The van der Waals surface area contributed by atoms with Crippen LogP contribution in [0.5, 0.6) is 0 Å². The summed E-state index contributed by atoms with van der Waals surface area (Å²) >= 11 is 0. The largest absolute Gasteiger partial charge is 0.398 e. The molecule has 112 valence electrons. The maximum Gasteiger partial charge on any atom is 0.242 e. The van der Waals surface area contributed by atoms with Gasteiger partial charge in [-0.05, 0) is 56.4 Å². The molecule has 2 rings (SSSR count).